The van der Waals surface area contributed by atoms with Crippen LogP contribution in [0, 0.1) is 0 Å². The van der Waals surface area contributed by atoms with E-state index >= 15 is 0 Å². The number of allylic oxidation sites excluding steroid dienone is 2. The Hall–Kier alpha value is -0.890. The number of carbonyl (C=O) groups excluding carboxylic acids is 1. The Morgan fingerprint density at radius 3 is 2.42 bits per heavy atom. The van der Waals surface area contributed by atoms with E-state index in [1.807, 2.05) is 19.1 Å². The van der Waals surface area contributed by atoms with Crippen LogP contribution in [0.3, 0.4) is 0 Å². The van der Waals surface area contributed by atoms with Crippen LogP contribution in [-0.4, -0.2) is 5.78 Å². The van der Waals surface area contributed by atoms with Crippen molar-refractivity contribution in [3.8, 4) is 0 Å². The maximum atomic E-state index is 11.3. The average Bonchev–Trinajstić information content (AvgIpc) is 2.06. The van der Waals surface area contributed by atoms with Gasteiger partial charge in [-0.1, -0.05) is 22.0 Å². The van der Waals surface area contributed by atoms with E-state index in [0.717, 1.165) is 10.0 Å². The smallest absolute Gasteiger partial charge is 0.185 e. The Labute approximate surface area is 80.2 Å². The molecule has 0 aromatic heterocycles. The van der Waals surface area contributed by atoms with Crippen molar-refractivity contribution in [3.63, 3.8) is 0 Å². The first-order chi connectivity index (χ1) is 5.74. The number of rotatable bonds is 2. The van der Waals surface area contributed by atoms with Gasteiger partial charge in [0.1, 0.15) is 0 Å². The topological polar surface area (TPSA) is 17.1 Å². The lowest BCUT2D eigenvalue weighted by atomic mass is 10.1. The first kappa shape index (κ1) is 9.20. The fraction of sp³-hybridized carbons (Fsp3) is 0.100. The summed E-state index contributed by atoms with van der Waals surface area (Å²) >= 11 is 3.30. The number of benzene rings is 1. The number of hydrogen-bond acceptors (Lipinski definition) is 1. The molecule has 0 aliphatic carbocycles. The molecule has 2 heteroatoms. The van der Waals surface area contributed by atoms with Gasteiger partial charge in [0.15, 0.2) is 5.78 Å². The van der Waals surface area contributed by atoms with Crippen LogP contribution in [0.4, 0.5) is 0 Å². The zero-order valence-corrected chi connectivity index (χ0v) is 8.34. The van der Waals surface area contributed by atoms with Crippen molar-refractivity contribution in [2.24, 2.45) is 0 Å². The summed E-state index contributed by atoms with van der Waals surface area (Å²) < 4.78 is 0.986. The van der Waals surface area contributed by atoms with Gasteiger partial charge in [0.25, 0.3) is 0 Å². The summed E-state index contributed by atoms with van der Waals surface area (Å²) in [6, 6.07) is 7.31. The zero-order valence-electron chi connectivity index (χ0n) is 6.75. The summed E-state index contributed by atoms with van der Waals surface area (Å²) in [6.45, 7) is 1.83. The van der Waals surface area contributed by atoms with E-state index in [4.69, 9.17) is 0 Å². The molecule has 0 heterocycles. The maximum absolute atomic E-state index is 11.3. The standard InChI is InChI=1S/C10H9BrO/c1-2-3-10(12)8-4-6-9(11)7-5-8/h2-7H,1H3. The molecule has 1 rings (SSSR count). The molecular weight excluding hydrogens is 216 g/mol. The van der Waals surface area contributed by atoms with Crippen LogP contribution in [0.2, 0.25) is 0 Å². The van der Waals surface area contributed by atoms with Gasteiger partial charge in [-0.15, -0.1) is 0 Å². The predicted octanol–water partition coefficient (Wildman–Crippen LogP) is 3.21. The molecule has 1 nitrogen and oxygen atoms in total. The van der Waals surface area contributed by atoms with E-state index in [1.165, 1.54) is 0 Å². The predicted molar refractivity (Wildman–Crippen MR) is 53.3 cm³/mol. The van der Waals surface area contributed by atoms with Gasteiger partial charge in [-0.25, -0.2) is 0 Å². The third-order valence-electron chi connectivity index (χ3n) is 1.45. The molecule has 0 amide bonds. The van der Waals surface area contributed by atoms with Crippen molar-refractivity contribution in [2.75, 3.05) is 0 Å². The van der Waals surface area contributed by atoms with Crippen LogP contribution in [-0.2, 0) is 0 Å². The quantitative estimate of drug-likeness (QED) is 0.557. The molecule has 0 bridgehead atoms. The number of carbonyl (C=O) groups is 1. The molecule has 12 heavy (non-hydrogen) atoms. The summed E-state index contributed by atoms with van der Waals surface area (Å²) in [4.78, 5) is 11.3. The molecule has 0 spiro atoms. The Morgan fingerprint density at radius 1 is 1.33 bits per heavy atom. The lowest BCUT2D eigenvalue weighted by Gasteiger charge is -1.94. The van der Waals surface area contributed by atoms with Crippen molar-refractivity contribution < 1.29 is 4.79 Å². The van der Waals surface area contributed by atoms with Crippen LogP contribution in [0.1, 0.15) is 17.3 Å². The molecular formula is C10H9BrO. The highest BCUT2D eigenvalue weighted by molar-refractivity contribution is 9.10. The Balaban J connectivity index is 2.90. The minimum atomic E-state index is 0.0463. The molecule has 0 fully saturated rings. The molecule has 1 aromatic carbocycles. The Kier molecular flexibility index (Phi) is 3.23. The summed E-state index contributed by atoms with van der Waals surface area (Å²) in [7, 11) is 0. The van der Waals surface area contributed by atoms with Crippen LogP contribution >= 0.6 is 15.9 Å². The van der Waals surface area contributed by atoms with Crippen molar-refractivity contribution in [1.82, 2.24) is 0 Å². The van der Waals surface area contributed by atoms with Crippen molar-refractivity contribution in [1.29, 1.82) is 0 Å². The normalized spacial score (nSPS) is 10.5. The van der Waals surface area contributed by atoms with Gasteiger partial charge in [-0.05, 0) is 37.3 Å². The van der Waals surface area contributed by atoms with E-state index in [-0.39, 0.29) is 5.78 Å². The van der Waals surface area contributed by atoms with Gasteiger partial charge in [0.05, 0.1) is 0 Å². The fourth-order valence-corrected chi connectivity index (χ4v) is 1.13. The second-order valence-corrected chi connectivity index (χ2v) is 3.29. The van der Waals surface area contributed by atoms with Crippen molar-refractivity contribution >= 4 is 21.7 Å². The second kappa shape index (κ2) is 4.21. The minimum Gasteiger partial charge on any atom is -0.289 e. The van der Waals surface area contributed by atoms with Crippen LogP contribution < -0.4 is 0 Å². The van der Waals surface area contributed by atoms with Crippen LogP contribution in [0.5, 0.6) is 0 Å². The van der Waals surface area contributed by atoms with E-state index in [9.17, 15) is 4.79 Å². The number of ketones is 1. The summed E-state index contributed by atoms with van der Waals surface area (Å²) in [5.41, 5.74) is 0.719. The van der Waals surface area contributed by atoms with Gasteiger partial charge < -0.3 is 0 Å². The lowest BCUT2D eigenvalue weighted by molar-refractivity contribution is 0.104. The second-order valence-electron chi connectivity index (χ2n) is 2.37. The molecule has 62 valence electrons. The van der Waals surface area contributed by atoms with Gasteiger partial charge >= 0.3 is 0 Å². The van der Waals surface area contributed by atoms with Crippen LogP contribution in [0.25, 0.3) is 0 Å². The highest BCUT2D eigenvalue weighted by Gasteiger charge is 1.98. The lowest BCUT2D eigenvalue weighted by Crippen LogP contribution is -1.92. The minimum absolute atomic E-state index is 0.0463. The molecule has 0 saturated carbocycles. The summed E-state index contributed by atoms with van der Waals surface area (Å²) in [5, 5.41) is 0. The Bertz CT molecular complexity index is 298. The molecule has 0 N–H and O–H groups in total. The molecule has 0 aliphatic rings. The molecule has 0 unspecified atom stereocenters. The van der Waals surface area contributed by atoms with Crippen LogP contribution in [0.15, 0.2) is 40.9 Å². The van der Waals surface area contributed by atoms with Gasteiger partial charge in [0.2, 0.25) is 0 Å². The maximum Gasteiger partial charge on any atom is 0.185 e. The molecule has 1 aromatic rings. The van der Waals surface area contributed by atoms with E-state index in [0.29, 0.717) is 0 Å². The number of halogens is 1. The van der Waals surface area contributed by atoms with Crippen molar-refractivity contribution in [3.05, 3.63) is 46.5 Å². The van der Waals surface area contributed by atoms with E-state index in [1.54, 1.807) is 24.3 Å². The first-order valence-corrected chi connectivity index (χ1v) is 4.46. The SMILES string of the molecule is CC=CC(=O)c1ccc(Br)cc1. The molecule has 0 aliphatic heterocycles. The third-order valence-corrected chi connectivity index (χ3v) is 1.98. The zero-order chi connectivity index (χ0) is 8.97. The molecule has 0 saturated heterocycles. The third kappa shape index (κ3) is 2.31. The van der Waals surface area contributed by atoms with E-state index in [2.05, 4.69) is 15.9 Å². The van der Waals surface area contributed by atoms with Gasteiger partial charge in [-0.2, -0.15) is 0 Å². The largest absolute Gasteiger partial charge is 0.289 e. The molecule has 0 radical (unpaired) electrons. The van der Waals surface area contributed by atoms with Gasteiger partial charge in [0, 0.05) is 10.0 Å². The summed E-state index contributed by atoms with van der Waals surface area (Å²) in [5.74, 6) is 0.0463. The fourth-order valence-electron chi connectivity index (χ4n) is 0.862. The van der Waals surface area contributed by atoms with Gasteiger partial charge in [-0.3, -0.25) is 4.79 Å². The Morgan fingerprint density at radius 2 is 1.92 bits per heavy atom. The monoisotopic (exact) mass is 224 g/mol. The summed E-state index contributed by atoms with van der Waals surface area (Å²) in [6.07, 6.45) is 3.30. The highest BCUT2D eigenvalue weighted by atomic mass is 79.9. The first-order valence-electron chi connectivity index (χ1n) is 3.66. The molecule has 0 atom stereocenters. The van der Waals surface area contributed by atoms with Crippen molar-refractivity contribution in [2.45, 2.75) is 6.92 Å². The number of hydrogen-bond donors (Lipinski definition) is 0. The highest BCUT2D eigenvalue weighted by Crippen LogP contribution is 2.11. The average molecular weight is 225 g/mol. The van der Waals surface area contributed by atoms with E-state index < -0.39 is 0 Å².